The number of ether oxygens (including phenoxy) is 5. The van der Waals surface area contributed by atoms with Crippen LogP contribution in [0.3, 0.4) is 0 Å². The van der Waals surface area contributed by atoms with Gasteiger partial charge in [0.2, 0.25) is 6.79 Å². The summed E-state index contributed by atoms with van der Waals surface area (Å²) in [5.41, 5.74) is 2.45. The van der Waals surface area contributed by atoms with E-state index in [2.05, 4.69) is 16.4 Å². The summed E-state index contributed by atoms with van der Waals surface area (Å²) in [5, 5.41) is 3.94. The van der Waals surface area contributed by atoms with Crippen LogP contribution in [0, 0.1) is 6.92 Å². The Bertz CT molecular complexity index is 1230. The number of nitrogens with zero attached hydrogens (tertiary/aromatic N) is 1. The van der Waals surface area contributed by atoms with E-state index in [1.165, 1.54) is 11.3 Å². The molecule has 2 aromatic carbocycles. The molecular weight excluding hydrogens is 468 g/mol. The third-order valence-corrected chi connectivity index (χ3v) is 7.86. The summed E-state index contributed by atoms with van der Waals surface area (Å²) in [4.78, 5) is 18.5. The van der Waals surface area contributed by atoms with Crippen LogP contribution in [0.25, 0.3) is 10.6 Å². The van der Waals surface area contributed by atoms with Gasteiger partial charge in [-0.05, 0) is 55.7 Å². The molecule has 0 unspecified atom stereocenters. The Morgan fingerprint density at radius 1 is 1.06 bits per heavy atom. The highest BCUT2D eigenvalue weighted by Gasteiger charge is 2.36. The van der Waals surface area contributed by atoms with Gasteiger partial charge in [-0.3, -0.25) is 4.79 Å². The molecule has 8 nitrogen and oxygen atoms in total. The standard InChI is InChI=1S/C26H28N2O6S/c1-16-23(35-25(28-16)17-4-6-19(30-2)21(12-17)31-3)24(29)27-14-26(8-10-32-11-9-26)18-5-7-20-22(13-18)34-15-33-20/h4-7,12-13H,8-11,14-15H2,1-3H3,(H,27,29). The van der Waals surface area contributed by atoms with Crippen molar-refractivity contribution >= 4 is 17.2 Å². The van der Waals surface area contributed by atoms with Crippen LogP contribution in [0.15, 0.2) is 36.4 Å². The van der Waals surface area contributed by atoms with Crippen LogP contribution < -0.4 is 24.3 Å². The minimum Gasteiger partial charge on any atom is -0.493 e. The summed E-state index contributed by atoms with van der Waals surface area (Å²) in [5.74, 6) is 2.64. The number of benzene rings is 2. The number of fused-ring (bicyclic) bond motifs is 1. The largest absolute Gasteiger partial charge is 0.493 e. The molecule has 0 spiro atoms. The van der Waals surface area contributed by atoms with Gasteiger partial charge < -0.3 is 29.0 Å². The zero-order chi connectivity index (χ0) is 24.4. The first kappa shape index (κ1) is 23.4. The second-order valence-electron chi connectivity index (χ2n) is 8.65. The van der Waals surface area contributed by atoms with Crippen molar-refractivity contribution in [2.75, 3.05) is 40.8 Å². The summed E-state index contributed by atoms with van der Waals surface area (Å²) in [6.45, 7) is 3.88. The van der Waals surface area contributed by atoms with E-state index in [9.17, 15) is 4.79 Å². The molecule has 0 atom stereocenters. The quantitative estimate of drug-likeness (QED) is 0.521. The van der Waals surface area contributed by atoms with Crippen molar-refractivity contribution in [3.05, 3.63) is 52.5 Å². The lowest BCUT2D eigenvalue weighted by atomic mass is 9.74. The van der Waals surface area contributed by atoms with E-state index in [1.807, 2.05) is 37.3 Å². The summed E-state index contributed by atoms with van der Waals surface area (Å²) >= 11 is 1.37. The van der Waals surface area contributed by atoms with Gasteiger partial charge in [-0.2, -0.15) is 0 Å². The lowest BCUT2D eigenvalue weighted by Crippen LogP contribution is -2.44. The van der Waals surface area contributed by atoms with Crippen LogP contribution in [0.5, 0.6) is 23.0 Å². The molecule has 35 heavy (non-hydrogen) atoms. The molecule has 1 saturated heterocycles. The first-order valence-corrected chi connectivity index (χ1v) is 12.3. The second-order valence-corrected chi connectivity index (χ2v) is 9.65. The van der Waals surface area contributed by atoms with Gasteiger partial charge in [-0.25, -0.2) is 4.98 Å². The summed E-state index contributed by atoms with van der Waals surface area (Å²) in [6, 6.07) is 11.7. The number of carbonyl (C=O) groups excluding carboxylic acids is 1. The number of aromatic nitrogens is 1. The Morgan fingerprint density at radius 2 is 1.83 bits per heavy atom. The number of thiazole rings is 1. The van der Waals surface area contributed by atoms with Gasteiger partial charge in [-0.1, -0.05) is 6.07 Å². The Morgan fingerprint density at radius 3 is 2.60 bits per heavy atom. The van der Waals surface area contributed by atoms with E-state index in [-0.39, 0.29) is 18.1 Å². The normalized spacial score (nSPS) is 16.1. The number of hydrogen-bond acceptors (Lipinski definition) is 8. The van der Waals surface area contributed by atoms with Crippen molar-refractivity contribution in [1.82, 2.24) is 10.3 Å². The van der Waals surface area contributed by atoms with Crippen LogP contribution in [-0.2, 0) is 10.2 Å². The third kappa shape index (κ3) is 4.53. The predicted molar refractivity (Wildman–Crippen MR) is 132 cm³/mol. The van der Waals surface area contributed by atoms with Crippen LogP contribution in [0.2, 0.25) is 0 Å². The van der Waals surface area contributed by atoms with E-state index in [0.29, 0.717) is 41.8 Å². The van der Waals surface area contributed by atoms with Crippen LogP contribution in [0.4, 0.5) is 0 Å². The monoisotopic (exact) mass is 496 g/mol. The molecule has 3 heterocycles. The highest BCUT2D eigenvalue weighted by Crippen LogP contribution is 2.41. The van der Waals surface area contributed by atoms with Crippen molar-refractivity contribution < 1.29 is 28.5 Å². The molecule has 0 bridgehead atoms. The molecule has 1 N–H and O–H groups in total. The average molecular weight is 497 g/mol. The molecule has 1 fully saturated rings. The number of hydrogen-bond donors (Lipinski definition) is 1. The van der Waals surface area contributed by atoms with Crippen molar-refractivity contribution in [2.45, 2.75) is 25.2 Å². The van der Waals surface area contributed by atoms with Crippen molar-refractivity contribution in [2.24, 2.45) is 0 Å². The van der Waals surface area contributed by atoms with Gasteiger partial charge in [-0.15, -0.1) is 11.3 Å². The van der Waals surface area contributed by atoms with Crippen LogP contribution in [-0.4, -0.2) is 51.7 Å². The Balaban J connectivity index is 1.36. The number of aryl methyl sites for hydroxylation is 1. The first-order chi connectivity index (χ1) is 17.0. The lowest BCUT2D eigenvalue weighted by Gasteiger charge is -2.38. The molecule has 5 rings (SSSR count). The SMILES string of the molecule is COc1ccc(-c2nc(C)c(C(=O)NCC3(c4ccc5c(c4)OCO5)CCOCC3)s2)cc1OC. The summed E-state index contributed by atoms with van der Waals surface area (Å²) in [7, 11) is 3.20. The zero-order valence-corrected chi connectivity index (χ0v) is 20.8. The predicted octanol–water partition coefficient (Wildman–Crippen LogP) is 4.34. The number of methoxy groups -OCH3 is 2. The molecule has 0 aliphatic carbocycles. The average Bonchev–Trinajstić information content (AvgIpc) is 3.53. The van der Waals surface area contributed by atoms with Crippen molar-refractivity contribution in [3.63, 3.8) is 0 Å². The van der Waals surface area contributed by atoms with E-state index in [0.717, 1.165) is 40.5 Å². The van der Waals surface area contributed by atoms with E-state index in [4.69, 9.17) is 23.7 Å². The highest BCUT2D eigenvalue weighted by atomic mass is 32.1. The van der Waals surface area contributed by atoms with Gasteiger partial charge in [0.25, 0.3) is 5.91 Å². The maximum absolute atomic E-state index is 13.3. The third-order valence-electron chi connectivity index (χ3n) is 6.66. The fourth-order valence-electron chi connectivity index (χ4n) is 4.59. The number of rotatable bonds is 7. The van der Waals surface area contributed by atoms with Gasteiger partial charge >= 0.3 is 0 Å². The molecule has 1 aromatic heterocycles. The first-order valence-electron chi connectivity index (χ1n) is 11.5. The van der Waals surface area contributed by atoms with Gasteiger partial charge in [0.05, 0.1) is 19.9 Å². The summed E-state index contributed by atoms with van der Waals surface area (Å²) in [6.07, 6.45) is 1.62. The van der Waals surface area contributed by atoms with Crippen molar-refractivity contribution in [1.29, 1.82) is 0 Å². The van der Waals surface area contributed by atoms with Crippen LogP contribution in [0.1, 0.15) is 33.8 Å². The van der Waals surface area contributed by atoms with E-state index in [1.54, 1.807) is 14.2 Å². The number of nitrogens with one attached hydrogen (secondary N) is 1. The molecular formula is C26H28N2O6S. The van der Waals surface area contributed by atoms with Gasteiger partial charge in [0.1, 0.15) is 9.88 Å². The van der Waals surface area contributed by atoms with E-state index < -0.39 is 0 Å². The van der Waals surface area contributed by atoms with E-state index >= 15 is 0 Å². The number of carbonyl (C=O) groups is 1. The highest BCUT2D eigenvalue weighted by molar-refractivity contribution is 7.17. The smallest absolute Gasteiger partial charge is 0.263 e. The minimum absolute atomic E-state index is 0.127. The lowest BCUT2D eigenvalue weighted by molar-refractivity contribution is 0.0487. The van der Waals surface area contributed by atoms with Crippen molar-refractivity contribution in [3.8, 4) is 33.6 Å². The molecule has 3 aromatic rings. The molecule has 1 amide bonds. The molecule has 0 radical (unpaired) electrons. The fourth-order valence-corrected chi connectivity index (χ4v) is 5.56. The van der Waals surface area contributed by atoms with Gasteiger partial charge in [0.15, 0.2) is 23.0 Å². The Hall–Kier alpha value is -3.30. The second kappa shape index (κ2) is 9.75. The maximum atomic E-state index is 13.3. The van der Waals surface area contributed by atoms with Crippen LogP contribution >= 0.6 is 11.3 Å². The Labute approximate surface area is 208 Å². The molecule has 0 saturated carbocycles. The molecule has 2 aliphatic heterocycles. The Kier molecular flexibility index (Phi) is 6.53. The van der Waals surface area contributed by atoms with Gasteiger partial charge in [0, 0.05) is 30.7 Å². The zero-order valence-electron chi connectivity index (χ0n) is 20.0. The topological polar surface area (TPSA) is 88.1 Å². The molecule has 9 heteroatoms. The molecule has 2 aliphatic rings. The molecule has 184 valence electrons. The maximum Gasteiger partial charge on any atom is 0.263 e. The fraction of sp³-hybridized carbons (Fsp3) is 0.385. The minimum atomic E-state index is -0.236. The number of amides is 1. The summed E-state index contributed by atoms with van der Waals surface area (Å²) < 4.78 is 27.5.